The number of nitrogens with zero attached hydrogens (tertiary/aromatic N) is 1. The predicted molar refractivity (Wildman–Crippen MR) is 122 cm³/mol. The summed E-state index contributed by atoms with van der Waals surface area (Å²) in [6, 6.07) is 13.6. The number of benzene rings is 2. The SMILES string of the molecule is CCNc1ccc(N2CCO[C@H]([C@@H](O)C(=O)Nc3ccc(C(=N)N)cc3)C2=O)cc1.Cl. The van der Waals surface area contributed by atoms with Gasteiger partial charge >= 0.3 is 0 Å². The van der Waals surface area contributed by atoms with Gasteiger partial charge in [0.15, 0.2) is 12.2 Å². The second kappa shape index (κ2) is 10.8. The number of aliphatic hydroxyl groups excluding tert-OH is 1. The van der Waals surface area contributed by atoms with Gasteiger partial charge in [-0.25, -0.2) is 0 Å². The number of amidine groups is 1. The van der Waals surface area contributed by atoms with E-state index in [1.165, 1.54) is 4.90 Å². The number of hydrogen-bond acceptors (Lipinski definition) is 6. The number of nitrogens with two attached hydrogens (primary N) is 1. The average Bonchev–Trinajstić information content (AvgIpc) is 2.75. The molecule has 2 aromatic rings. The number of anilines is 3. The maximum atomic E-state index is 12.9. The summed E-state index contributed by atoms with van der Waals surface area (Å²) in [5, 5.41) is 23.6. The zero-order valence-electron chi connectivity index (χ0n) is 17.0. The number of morpholine rings is 1. The van der Waals surface area contributed by atoms with Crippen LogP contribution in [0.3, 0.4) is 0 Å². The number of carbonyl (C=O) groups excluding carboxylic acids is 2. The number of aliphatic hydroxyl groups is 1. The first-order valence-electron chi connectivity index (χ1n) is 9.61. The maximum absolute atomic E-state index is 12.9. The van der Waals surface area contributed by atoms with Gasteiger partial charge in [0, 0.05) is 35.7 Å². The summed E-state index contributed by atoms with van der Waals surface area (Å²) >= 11 is 0. The summed E-state index contributed by atoms with van der Waals surface area (Å²) in [5.41, 5.74) is 7.93. The Morgan fingerprint density at radius 1 is 1.23 bits per heavy atom. The van der Waals surface area contributed by atoms with E-state index in [4.69, 9.17) is 15.9 Å². The molecule has 6 N–H and O–H groups in total. The Morgan fingerprint density at radius 3 is 2.42 bits per heavy atom. The van der Waals surface area contributed by atoms with E-state index in [1.54, 1.807) is 36.4 Å². The minimum atomic E-state index is -1.67. The largest absolute Gasteiger partial charge is 0.385 e. The molecular formula is C21H26ClN5O4. The molecule has 0 bridgehead atoms. The summed E-state index contributed by atoms with van der Waals surface area (Å²) in [6.07, 6.45) is -2.97. The van der Waals surface area contributed by atoms with Crippen molar-refractivity contribution < 1.29 is 19.4 Å². The highest BCUT2D eigenvalue weighted by Gasteiger charge is 2.39. The smallest absolute Gasteiger partial charge is 0.259 e. The standard InChI is InChI=1S/C21H25N5O4.ClH/c1-2-24-14-7-9-16(10-8-14)26-11-12-30-18(21(26)29)17(27)20(28)25-15-5-3-13(4-6-15)19(22)23;/h3-10,17-18,24,27H,2,11-12H2,1H3,(H3,22,23)(H,25,28);1H/t17-,18-;/m1./s1. The van der Waals surface area contributed by atoms with E-state index in [-0.39, 0.29) is 24.8 Å². The topological polar surface area (TPSA) is 141 Å². The molecule has 166 valence electrons. The molecule has 0 unspecified atom stereocenters. The molecule has 0 radical (unpaired) electrons. The van der Waals surface area contributed by atoms with Crippen molar-refractivity contribution in [3.63, 3.8) is 0 Å². The summed E-state index contributed by atoms with van der Waals surface area (Å²) in [5.74, 6) is -1.33. The Labute approximate surface area is 186 Å². The van der Waals surface area contributed by atoms with E-state index in [2.05, 4.69) is 10.6 Å². The first-order chi connectivity index (χ1) is 14.4. The van der Waals surface area contributed by atoms with Gasteiger partial charge in [-0.15, -0.1) is 12.4 Å². The van der Waals surface area contributed by atoms with Crippen LogP contribution in [-0.4, -0.2) is 54.7 Å². The van der Waals surface area contributed by atoms with Crippen LogP contribution in [0.15, 0.2) is 48.5 Å². The number of carbonyl (C=O) groups is 2. The predicted octanol–water partition coefficient (Wildman–Crippen LogP) is 1.56. The fourth-order valence-electron chi connectivity index (χ4n) is 3.14. The summed E-state index contributed by atoms with van der Waals surface area (Å²) < 4.78 is 5.42. The number of rotatable bonds is 7. The van der Waals surface area contributed by atoms with Crippen molar-refractivity contribution in [2.75, 3.05) is 35.2 Å². The molecule has 10 heteroatoms. The Morgan fingerprint density at radius 2 is 1.84 bits per heavy atom. The van der Waals surface area contributed by atoms with E-state index in [1.807, 2.05) is 19.1 Å². The molecule has 1 heterocycles. The first kappa shape index (κ1) is 24.1. The molecule has 1 aliphatic heterocycles. The van der Waals surface area contributed by atoms with Gasteiger partial charge < -0.3 is 31.1 Å². The van der Waals surface area contributed by atoms with Crippen LogP contribution in [0, 0.1) is 5.41 Å². The highest BCUT2D eigenvalue weighted by Crippen LogP contribution is 2.23. The van der Waals surface area contributed by atoms with Crippen LogP contribution >= 0.6 is 12.4 Å². The lowest BCUT2D eigenvalue weighted by molar-refractivity contribution is -0.150. The van der Waals surface area contributed by atoms with Gasteiger partial charge in [0.2, 0.25) is 0 Å². The summed E-state index contributed by atoms with van der Waals surface area (Å²) in [6.45, 7) is 3.31. The lowest BCUT2D eigenvalue weighted by Gasteiger charge is -2.34. The van der Waals surface area contributed by atoms with E-state index < -0.39 is 24.0 Å². The Hall–Kier alpha value is -3.14. The molecular weight excluding hydrogens is 422 g/mol. The molecule has 0 spiro atoms. The molecule has 0 aliphatic carbocycles. The second-order valence-electron chi connectivity index (χ2n) is 6.78. The van der Waals surface area contributed by atoms with Crippen molar-refractivity contribution in [1.82, 2.24) is 0 Å². The molecule has 3 rings (SSSR count). The molecule has 1 fully saturated rings. The Kier molecular flexibility index (Phi) is 8.38. The van der Waals surface area contributed by atoms with Crippen molar-refractivity contribution in [1.29, 1.82) is 5.41 Å². The third-order valence-electron chi connectivity index (χ3n) is 4.70. The number of hydrogen-bond donors (Lipinski definition) is 5. The molecule has 2 atom stereocenters. The number of halogens is 1. The Bertz CT molecular complexity index is 920. The second-order valence-corrected chi connectivity index (χ2v) is 6.78. The van der Waals surface area contributed by atoms with Gasteiger partial charge in [-0.2, -0.15) is 0 Å². The average molecular weight is 448 g/mol. The lowest BCUT2D eigenvalue weighted by Crippen LogP contribution is -2.55. The number of ether oxygens (including phenoxy) is 1. The van der Waals surface area contributed by atoms with Crippen LogP contribution in [0.5, 0.6) is 0 Å². The van der Waals surface area contributed by atoms with Gasteiger partial charge in [-0.1, -0.05) is 0 Å². The maximum Gasteiger partial charge on any atom is 0.259 e. The van der Waals surface area contributed by atoms with Gasteiger partial charge in [0.05, 0.1) is 6.61 Å². The van der Waals surface area contributed by atoms with Gasteiger partial charge in [0.25, 0.3) is 11.8 Å². The van der Waals surface area contributed by atoms with E-state index in [0.29, 0.717) is 23.5 Å². The molecule has 0 saturated carbocycles. The minimum absolute atomic E-state index is 0. The summed E-state index contributed by atoms with van der Waals surface area (Å²) in [4.78, 5) is 26.8. The van der Waals surface area contributed by atoms with Gasteiger partial charge in [-0.3, -0.25) is 15.0 Å². The fourth-order valence-corrected chi connectivity index (χ4v) is 3.14. The first-order valence-corrected chi connectivity index (χ1v) is 9.61. The molecule has 9 nitrogen and oxygen atoms in total. The van der Waals surface area contributed by atoms with Crippen molar-refractivity contribution in [3.8, 4) is 0 Å². The molecule has 31 heavy (non-hydrogen) atoms. The molecule has 1 aliphatic rings. The molecule has 2 amide bonds. The monoisotopic (exact) mass is 447 g/mol. The Balaban J connectivity index is 0.00000341. The minimum Gasteiger partial charge on any atom is -0.385 e. The fraction of sp³-hybridized carbons (Fsp3) is 0.286. The third-order valence-corrected chi connectivity index (χ3v) is 4.70. The van der Waals surface area contributed by atoms with Gasteiger partial charge in [0.1, 0.15) is 5.84 Å². The third kappa shape index (κ3) is 5.72. The zero-order valence-corrected chi connectivity index (χ0v) is 17.8. The number of nitrogen functional groups attached to an aromatic ring is 1. The van der Waals surface area contributed by atoms with Crippen molar-refractivity contribution in [3.05, 3.63) is 54.1 Å². The van der Waals surface area contributed by atoms with E-state index in [9.17, 15) is 14.7 Å². The van der Waals surface area contributed by atoms with Crippen LogP contribution in [-0.2, 0) is 14.3 Å². The molecule has 0 aromatic heterocycles. The van der Waals surface area contributed by atoms with Crippen LogP contribution in [0.1, 0.15) is 12.5 Å². The normalized spacial score (nSPS) is 16.8. The van der Waals surface area contributed by atoms with Crippen molar-refractivity contribution in [2.24, 2.45) is 5.73 Å². The number of amides is 2. The van der Waals surface area contributed by atoms with Crippen LogP contribution < -0.4 is 21.3 Å². The lowest BCUT2D eigenvalue weighted by atomic mass is 10.1. The summed E-state index contributed by atoms with van der Waals surface area (Å²) in [7, 11) is 0. The van der Waals surface area contributed by atoms with Crippen LogP contribution in [0.2, 0.25) is 0 Å². The van der Waals surface area contributed by atoms with Gasteiger partial charge in [-0.05, 0) is 55.5 Å². The highest BCUT2D eigenvalue weighted by molar-refractivity contribution is 6.04. The van der Waals surface area contributed by atoms with Crippen LogP contribution in [0.25, 0.3) is 0 Å². The van der Waals surface area contributed by atoms with Crippen molar-refractivity contribution in [2.45, 2.75) is 19.1 Å². The molecule has 1 saturated heterocycles. The van der Waals surface area contributed by atoms with E-state index >= 15 is 0 Å². The quantitative estimate of drug-likeness (QED) is 0.322. The van der Waals surface area contributed by atoms with Crippen molar-refractivity contribution >= 4 is 47.1 Å². The number of nitrogens with one attached hydrogen (secondary N) is 3. The van der Waals surface area contributed by atoms with E-state index in [0.717, 1.165) is 12.2 Å². The zero-order chi connectivity index (χ0) is 21.7. The highest BCUT2D eigenvalue weighted by atomic mass is 35.5. The van der Waals surface area contributed by atoms with Crippen LogP contribution in [0.4, 0.5) is 17.1 Å². The molecule has 2 aromatic carbocycles.